The van der Waals surface area contributed by atoms with Crippen molar-refractivity contribution in [2.75, 3.05) is 27.5 Å². The number of carbonyl (C=O) groups excluding carboxylic acids is 1. The van der Waals surface area contributed by atoms with E-state index in [1.807, 2.05) is 72.8 Å². The Labute approximate surface area is 230 Å². The molecule has 0 spiro atoms. The summed E-state index contributed by atoms with van der Waals surface area (Å²) < 4.78 is 21.6. The van der Waals surface area contributed by atoms with Crippen molar-refractivity contribution in [2.24, 2.45) is 0 Å². The molecule has 1 atom stereocenters. The molecule has 0 heterocycles. The van der Waals surface area contributed by atoms with E-state index in [1.54, 1.807) is 42.1 Å². The molecule has 0 aliphatic rings. The third-order valence-electron chi connectivity index (χ3n) is 6.28. The minimum absolute atomic E-state index is 0.173. The van der Waals surface area contributed by atoms with Crippen LogP contribution in [0.4, 0.5) is 4.79 Å². The van der Waals surface area contributed by atoms with Gasteiger partial charge >= 0.3 is 12.1 Å². The highest BCUT2D eigenvalue weighted by molar-refractivity contribution is 7.95. The Kier molecular flexibility index (Phi) is 9.81. The van der Waals surface area contributed by atoms with Crippen molar-refractivity contribution in [3.05, 3.63) is 72.8 Å². The van der Waals surface area contributed by atoms with E-state index in [9.17, 15) is 14.7 Å². The number of ether oxygens (including phenoxy) is 4. The fourth-order valence-corrected chi connectivity index (χ4v) is 8.66. The zero-order valence-corrected chi connectivity index (χ0v) is 24.2. The quantitative estimate of drug-likeness (QED) is 0.339. The van der Waals surface area contributed by atoms with Gasteiger partial charge < -0.3 is 29.4 Å². The van der Waals surface area contributed by atoms with Crippen LogP contribution < -0.4 is 35.4 Å². The first-order valence-electron chi connectivity index (χ1n) is 12.6. The van der Waals surface area contributed by atoms with Crippen molar-refractivity contribution in [1.29, 1.82) is 0 Å². The van der Waals surface area contributed by atoms with E-state index in [0.29, 0.717) is 6.16 Å². The second-order valence-electron chi connectivity index (χ2n) is 9.95. The van der Waals surface area contributed by atoms with Gasteiger partial charge in [0, 0.05) is 6.42 Å². The summed E-state index contributed by atoms with van der Waals surface area (Å²) in [6.45, 7) is 5.20. The third-order valence-corrected chi connectivity index (χ3v) is 10.7. The average molecular weight is 555 g/mol. The number of amides is 1. The van der Waals surface area contributed by atoms with E-state index in [4.69, 9.17) is 18.9 Å². The van der Waals surface area contributed by atoms with Crippen LogP contribution in [0, 0.1) is 0 Å². The highest BCUT2D eigenvalue weighted by Crippen LogP contribution is 2.56. The monoisotopic (exact) mass is 554 g/mol. The minimum Gasteiger partial charge on any atom is -0.497 e. The van der Waals surface area contributed by atoms with Gasteiger partial charge in [-0.2, -0.15) is 0 Å². The van der Waals surface area contributed by atoms with Crippen LogP contribution in [-0.2, 0) is 9.53 Å². The molecule has 0 bridgehead atoms. The second-order valence-corrected chi connectivity index (χ2v) is 13.6. The van der Waals surface area contributed by atoms with Gasteiger partial charge in [-0.15, -0.1) is 0 Å². The summed E-state index contributed by atoms with van der Waals surface area (Å²) in [6.07, 6.45) is -0.130. The van der Waals surface area contributed by atoms with E-state index in [-0.39, 0.29) is 6.42 Å². The SMILES string of the molecule is COc1ccc([P+](CCC(NC(=O)OC(C)(C)C)C(=O)O)(c2ccc(OC)cc2)c2ccc(OC)cc2)cc1. The largest absolute Gasteiger partial charge is 0.497 e. The summed E-state index contributed by atoms with van der Waals surface area (Å²) >= 11 is 0. The normalized spacial score (nSPS) is 12.3. The number of carbonyl (C=O) groups is 2. The second kappa shape index (κ2) is 12.9. The molecule has 0 saturated carbocycles. The predicted octanol–water partition coefficient (Wildman–Crippen LogP) is 4.37. The number of carboxylic acids is 1. The Balaban J connectivity index is 2.15. The Bertz CT molecular complexity index is 1120. The third kappa shape index (κ3) is 7.42. The molecule has 3 aromatic rings. The zero-order chi connectivity index (χ0) is 28.6. The molecule has 2 N–H and O–H groups in total. The molecule has 9 heteroatoms. The van der Waals surface area contributed by atoms with E-state index in [2.05, 4.69) is 5.32 Å². The molecule has 1 unspecified atom stereocenters. The van der Waals surface area contributed by atoms with E-state index in [0.717, 1.165) is 33.2 Å². The topological polar surface area (TPSA) is 103 Å². The fourth-order valence-electron chi connectivity index (χ4n) is 4.37. The molecule has 0 fully saturated rings. The highest BCUT2D eigenvalue weighted by Gasteiger charge is 2.46. The zero-order valence-electron chi connectivity index (χ0n) is 23.3. The van der Waals surface area contributed by atoms with Crippen molar-refractivity contribution in [3.8, 4) is 17.2 Å². The predicted molar refractivity (Wildman–Crippen MR) is 155 cm³/mol. The summed E-state index contributed by atoms with van der Waals surface area (Å²) in [5, 5.41) is 15.7. The van der Waals surface area contributed by atoms with Crippen LogP contribution >= 0.6 is 7.26 Å². The highest BCUT2D eigenvalue weighted by atomic mass is 31.2. The van der Waals surface area contributed by atoms with Crippen LogP contribution in [0.25, 0.3) is 0 Å². The average Bonchev–Trinajstić information content (AvgIpc) is 2.92. The maximum Gasteiger partial charge on any atom is 0.408 e. The van der Waals surface area contributed by atoms with Gasteiger partial charge in [-0.1, -0.05) is 0 Å². The van der Waals surface area contributed by atoms with Crippen molar-refractivity contribution in [2.45, 2.75) is 38.8 Å². The summed E-state index contributed by atoms with van der Waals surface area (Å²) in [6, 6.07) is 22.5. The Hall–Kier alpha value is -3.77. The molecule has 208 valence electrons. The molecular formula is C30H37NO7P+. The lowest BCUT2D eigenvalue weighted by atomic mass is 10.2. The number of hydrogen-bond donors (Lipinski definition) is 2. The molecule has 3 aromatic carbocycles. The molecular weight excluding hydrogens is 517 g/mol. The van der Waals surface area contributed by atoms with Crippen LogP contribution in [0.2, 0.25) is 0 Å². The first kappa shape index (κ1) is 29.8. The number of benzene rings is 3. The van der Waals surface area contributed by atoms with Crippen LogP contribution in [-0.4, -0.2) is 56.3 Å². The number of hydrogen-bond acceptors (Lipinski definition) is 6. The molecule has 0 aliphatic heterocycles. The van der Waals surface area contributed by atoms with Gasteiger partial charge in [-0.05, 0) is 93.6 Å². The number of methoxy groups -OCH3 is 3. The molecule has 8 nitrogen and oxygen atoms in total. The van der Waals surface area contributed by atoms with E-state index < -0.39 is 31.0 Å². The molecule has 1 amide bonds. The first-order valence-corrected chi connectivity index (χ1v) is 14.5. The standard InChI is InChI=1S/C30H36NO7P/c1-30(2,3)38-29(34)31-27(28(32)33)19-20-39(24-13-7-21(35-4)8-14-24,25-15-9-22(36-5)10-16-25)26-17-11-23(37-6)12-18-26/h7-18,27H,19-20H2,1-6H3,(H-,31,32,33,34)/p+1. The van der Waals surface area contributed by atoms with Gasteiger partial charge in [-0.25, -0.2) is 9.59 Å². The molecule has 0 radical (unpaired) electrons. The minimum atomic E-state index is -2.44. The van der Waals surface area contributed by atoms with Gasteiger partial charge in [0.25, 0.3) is 0 Å². The van der Waals surface area contributed by atoms with E-state index in [1.165, 1.54) is 0 Å². The van der Waals surface area contributed by atoms with E-state index >= 15 is 0 Å². The smallest absolute Gasteiger partial charge is 0.408 e. The first-order chi connectivity index (χ1) is 18.5. The molecule has 3 rings (SSSR count). The van der Waals surface area contributed by atoms with Gasteiger partial charge in [-0.3, -0.25) is 0 Å². The maximum atomic E-state index is 12.5. The number of alkyl carbamates (subject to hydrolysis) is 1. The van der Waals surface area contributed by atoms with Crippen LogP contribution in [0.1, 0.15) is 27.2 Å². The van der Waals surface area contributed by atoms with Crippen molar-refractivity contribution in [3.63, 3.8) is 0 Å². The summed E-state index contributed by atoms with van der Waals surface area (Å²) in [5.41, 5.74) is -0.751. The van der Waals surface area contributed by atoms with Crippen molar-refractivity contribution in [1.82, 2.24) is 5.32 Å². The number of nitrogens with one attached hydrogen (secondary N) is 1. The molecule has 0 aromatic heterocycles. The van der Waals surface area contributed by atoms with Crippen LogP contribution in [0.5, 0.6) is 17.2 Å². The van der Waals surface area contributed by atoms with Crippen molar-refractivity contribution >= 4 is 35.2 Å². The van der Waals surface area contributed by atoms with Gasteiger partial charge in [0.1, 0.15) is 52.1 Å². The fraction of sp³-hybridized carbons (Fsp3) is 0.333. The lowest BCUT2D eigenvalue weighted by Crippen LogP contribution is -2.45. The maximum absolute atomic E-state index is 12.5. The molecule has 0 aliphatic carbocycles. The van der Waals surface area contributed by atoms with Crippen molar-refractivity contribution < 1.29 is 33.6 Å². The Morgan fingerprint density at radius 2 is 1.10 bits per heavy atom. The number of aliphatic carboxylic acids is 1. The number of carboxylic acid groups (broad SMARTS) is 1. The number of rotatable bonds is 11. The molecule has 0 saturated heterocycles. The van der Waals surface area contributed by atoms with Gasteiger partial charge in [0.15, 0.2) is 0 Å². The van der Waals surface area contributed by atoms with Gasteiger partial charge in [0.05, 0.1) is 27.5 Å². The van der Waals surface area contributed by atoms with Gasteiger partial charge in [0.2, 0.25) is 0 Å². The van der Waals surface area contributed by atoms with Crippen LogP contribution in [0.15, 0.2) is 72.8 Å². The van der Waals surface area contributed by atoms with Crippen LogP contribution in [0.3, 0.4) is 0 Å². The summed E-state index contributed by atoms with van der Waals surface area (Å²) in [5.74, 6) is 1.03. The molecule has 39 heavy (non-hydrogen) atoms. The summed E-state index contributed by atoms with van der Waals surface area (Å²) in [7, 11) is 2.40. The Morgan fingerprint density at radius 1 is 0.744 bits per heavy atom. The summed E-state index contributed by atoms with van der Waals surface area (Å²) in [4.78, 5) is 24.8. The lowest BCUT2D eigenvalue weighted by Gasteiger charge is -2.29. The Morgan fingerprint density at radius 3 is 1.38 bits per heavy atom. The lowest BCUT2D eigenvalue weighted by molar-refractivity contribution is -0.139.